The van der Waals surface area contributed by atoms with Gasteiger partial charge in [-0.3, -0.25) is 4.79 Å². The number of ketones is 1. The van der Waals surface area contributed by atoms with Crippen molar-refractivity contribution < 1.29 is 9.59 Å². The second-order valence-electron chi connectivity index (χ2n) is 4.66. The summed E-state index contributed by atoms with van der Waals surface area (Å²) in [5.41, 5.74) is 1.27. The van der Waals surface area contributed by atoms with Gasteiger partial charge in [-0.1, -0.05) is 12.1 Å². The highest BCUT2D eigenvalue weighted by Crippen LogP contribution is 2.12. The van der Waals surface area contributed by atoms with Crippen molar-refractivity contribution in [1.82, 2.24) is 10.2 Å². The van der Waals surface area contributed by atoms with Crippen molar-refractivity contribution >= 4 is 17.5 Å². The van der Waals surface area contributed by atoms with E-state index in [2.05, 4.69) is 10.6 Å². The highest BCUT2D eigenvalue weighted by molar-refractivity contribution is 5.96. The van der Waals surface area contributed by atoms with Crippen LogP contribution in [0.25, 0.3) is 0 Å². The minimum Gasteiger partial charge on any atom is -0.323 e. The van der Waals surface area contributed by atoms with E-state index in [0.717, 1.165) is 26.1 Å². The molecule has 19 heavy (non-hydrogen) atoms. The standard InChI is InChI=1S/C14H19N3O2/c1-11(18)12-4-2-5-13(10-12)16-14(19)17-8-3-6-15-7-9-17/h2,4-5,10,15H,3,6-9H2,1H3,(H,16,19). The van der Waals surface area contributed by atoms with Gasteiger partial charge in [0.1, 0.15) is 0 Å². The van der Waals surface area contributed by atoms with Crippen molar-refractivity contribution in [2.75, 3.05) is 31.5 Å². The molecule has 1 aliphatic heterocycles. The van der Waals surface area contributed by atoms with Crippen LogP contribution in [-0.2, 0) is 0 Å². The summed E-state index contributed by atoms with van der Waals surface area (Å²) >= 11 is 0. The third-order valence-electron chi connectivity index (χ3n) is 3.15. The second kappa shape index (κ2) is 6.33. The van der Waals surface area contributed by atoms with Gasteiger partial charge in [0.15, 0.2) is 5.78 Å². The van der Waals surface area contributed by atoms with Gasteiger partial charge in [-0.2, -0.15) is 0 Å². The van der Waals surface area contributed by atoms with Gasteiger partial charge in [-0.05, 0) is 32.0 Å². The van der Waals surface area contributed by atoms with Crippen LogP contribution in [0.2, 0.25) is 0 Å². The van der Waals surface area contributed by atoms with Crippen LogP contribution in [0.3, 0.4) is 0 Å². The van der Waals surface area contributed by atoms with Crippen LogP contribution in [0, 0.1) is 0 Å². The summed E-state index contributed by atoms with van der Waals surface area (Å²) in [5, 5.41) is 6.10. The molecule has 1 heterocycles. The molecule has 0 atom stereocenters. The third kappa shape index (κ3) is 3.79. The Morgan fingerprint density at radius 2 is 2.11 bits per heavy atom. The summed E-state index contributed by atoms with van der Waals surface area (Å²) in [6, 6.07) is 6.91. The topological polar surface area (TPSA) is 61.4 Å². The highest BCUT2D eigenvalue weighted by atomic mass is 16.2. The Morgan fingerprint density at radius 1 is 1.26 bits per heavy atom. The number of hydrogen-bond donors (Lipinski definition) is 2. The quantitative estimate of drug-likeness (QED) is 0.797. The van der Waals surface area contributed by atoms with Gasteiger partial charge in [0.2, 0.25) is 0 Å². The van der Waals surface area contributed by atoms with Crippen LogP contribution in [0.1, 0.15) is 23.7 Å². The van der Waals surface area contributed by atoms with Crippen molar-refractivity contribution in [1.29, 1.82) is 0 Å². The number of carbonyl (C=O) groups excluding carboxylic acids is 2. The summed E-state index contributed by atoms with van der Waals surface area (Å²) in [7, 11) is 0. The van der Waals surface area contributed by atoms with Gasteiger partial charge in [0.25, 0.3) is 0 Å². The Labute approximate surface area is 113 Å². The number of Topliss-reactive ketones (excluding diaryl/α,β-unsaturated/α-hetero) is 1. The first kappa shape index (κ1) is 13.5. The van der Waals surface area contributed by atoms with Crippen molar-refractivity contribution in [2.45, 2.75) is 13.3 Å². The molecule has 0 aromatic heterocycles. The molecule has 1 saturated heterocycles. The highest BCUT2D eigenvalue weighted by Gasteiger charge is 2.15. The number of hydrogen-bond acceptors (Lipinski definition) is 3. The summed E-state index contributed by atoms with van der Waals surface area (Å²) in [5.74, 6) is -0.00456. The molecule has 0 bridgehead atoms. The van der Waals surface area contributed by atoms with Crippen molar-refractivity contribution in [2.24, 2.45) is 0 Å². The average Bonchev–Trinajstić information content (AvgIpc) is 2.68. The molecule has 0 radical (unpaired) electrons. The maximum absolute atomic E-state index is 12.1. The first-order chi connectivity index (χ1) is 9.16. The van der Waals surface area contributed by atoms with Gasteiger partial charge in [-0.15, -0.1) is 0 Å². The fraction of sp³-hybridized carbons (Fsp3) is 0.429. The molecule has 102 valence electrons. The van der Waals surface area contributed by atoms with Gasteiger partial charge < -0.3 is 15.5 Å². The maximum Gasteiger partial charge on any atom is 0.321 e. The van der Waals surface area contributed by atoms with Crippen LogP contribution < -0.4 is 10.6 Å². The molecule has 2 rings (SSSR count). The molecule has 5 nitrogen and oxygen atoms in total. The lowest BCUT2D eigenvalue weighted by atomic mass is 10.1. The van der Waals surface area contributed by atoms with Crippen molar-refractivity contribution in [3.8, 4) is 0 Å². The van der Waals surface area contributed by atoms with E-state index < -0.39 is 0 Å². The zero-order valence-electron chi connectivity index (χ0n) is 11.1. The summed E-state index contributed by atoms with van der Waals surface area (Å²) < 4.78 is 0. The number of rotatable bonds is 2. The Morgan fingerprint density at radius 3 is 2.89 bits per heavy atom. The molecule has 1 aromatic carbocycles. The maximum atomic E-state index is 12.1. The van der Waals surface area contributed by atoms with E-state index in [4.69, 9.17) is 0 Å². The summed E-state index contributed by atoms with van der Waals surface area (Å²) in [6.45, 7) is 4.75. The second-order valence-corrected chi connectivity index (χ2v) is 4.66. The number of anilines is 1. The number of nitrogens with zero attached hydrogens (tertiary/aromatic N) is 1. The van der Waals surface area contributed by atoms with Crippen molar-refractivity contribution in [3.63, 3.8) is 0 Å². The van der Waals surface area contributed by atoms with E-state index >= 15 is 0 Å². The molecule has 1 aromatic rings. The minimum absolute atomic E-state index is 0.00456. The molecule has 1 fully saturated rings. The van der Waals surface area contributed by atoms with Crippen molar-refractivity contribution in [3.05, 3.63) is 29.8 Å². The monoisotopic (exact) mass is 261 g/mol. The number of carbonyl (C=O) groups is 2. The average molecular weight is 261 g/mol. The molecule has 0 spiro atoms. The first-order valence-electron chi connectivity index (χ1n) is 6.54. The van der Waals surface area contributed by atoms with E-state index in [9.17, 15) is 9.59 Å². The van der Waals surface area contributed by atoms with Crippen LogP contribution in [0.5, 0.6) is 0 Å². The lowest BCUT2D eigenvalue weighted by Crippen LogP contribution is -2.37. The SMILES string of the molecule is CC(=O)c1cccc(NC(=O)N2CCCNCC2)c1. The summed E-state index contributed by atoms with van der Waals surface area (Å²) in [4.78, 5) is 25.2. The lowest BCUT2D eigenvalue weighted by Gasteiger charge is -2.20. The van der Waals surface area contributed by atoms with E-state index in [1.54, 1.807) is 29.2 Å². The normalized spacial score (nSPS) is 15.7. The Hall–Kier alpha value is -1.88. The van der Waals surface area contributed by atoms with Crippen LogP contribution in [0.15, 0.2) is 24.3 Å². The predicted molar refractivity (Wildman–Crippen MR) is 74.5 cm³/mol. The molecular weight excluding hydrogens is 242 g/mol. The Bertz CT molecular complexity index is 466. The van der Waals surface area contributed by atoms with E-state index in [1.807, 2.05) is 0 Å². The molecule has 0 aliphatic carbocycles. The molecule has 2 N–H and O–H groups in total. The number of urea groups is 1. The minimum atomic E-state index is -0.107. The first-order valence-corrected chi connectivity index (χ1v) is 6.54. The zero-order chi connectivity index (χ0) is 13.7. The van der Waals surface area contributed by atoms with Gasteiger partial charge >= 0.3 is 6.03 Å². The molecular formula is C14H19N3O2. The van der Waals surface area contributed by atoms with Crippen LogP contribution in [-0.4, -0.2) is 42.9 Å². The fourth-order valence-electron chi connectivity index (χ4n) is 2.07. The van der Waals surface area contributed by atoms with Gasteiger partial charge in [0.05, 0.1) is 0 Å². The molecule has 1 aliphatic rings. The molecule has 0 saturated carbocycles. The fourth-order valence-corrected chi connectivity index (χ4v) is 2.07. The van der Waals surface area contributed by atoms with Crippen LogP contribution in [0.4, 0.5) is 10.5 Å². The largest absolute Gasteiger partial charge is 0.323 e. The van der Waals surface area contributed by atoms with Crippen LogP contribution >= 0.6 is 0 Å². The van der Waals surface area contributed by atoms with Gasteiger partial charge in [0, 0.05) is 30.9 Å². The smallest absolute Gasteiger partial charge is 0.321 e. The number of amides is 2. The Kier molecular flexibility index (Phi) is 4.52. The van der Waals surface area contributed by atoms with E-state index in [0.29, 0.717) is 17.8 Å². The predicted octanol–water partition coefficient (Wildman–Crippen LogP) is 1.72. The zero-order valence-corrected chi connectivity index (χ0v) is 11.1. The summed E-state index contributed by atoms with van der Waals surface area (Å²) in [6.07, 6.45) is 0.959. The molecule has 2 amide bonds. The molecule has 5 heteroatoms. The van der Waals surface area contributed by atoms with E-state index in [-0.39, 0.29) is 11.8 Å². The lowest BCUT2D eigenvalue weighted by molar-refractivity contribution is 0.101. The van der Waals surface area contributed by atoms with Gasteiger partial charge in [-0.25, -0.2) is 4.79 Å². The molecule has 0 unspecified atom stereocenters. The third-order valence-corrected chi connectivity index (χ3v) is 3.15. The van der Waals surface area contributed by atoms with E-state index in [1.165, 1.54) is 6.92 Å². The Balaban J connectivity index is 2.01. The number of benzene rings is 1. The number of nitrogens with one attached hydrogen (secondary N) is 2.